The number of hydrogen-bond donors (Lipinski definition) is 1. The van der Waals surface area contributed by atoms with Gasteiger partial charge in [-0.25, -0.2) is 0 Å². The highest BCUT2D eigenvalue weighted by Crippen LogP contribution is 2.43. The molecule has 0 fully saturated rings. The fraction of sp³-hybridized carbons (Fsp3) is 0.400. The highest BCUT2D eigenvalue weighted by atomic mass is 35.5. The van der Waals surface area contributed by atoms with Gasteiger partial charge in [-0.2, -0.15) is 0 Å². The minimum absolute atomic E-state index is 0.0218. The van der Waals surface area contributed by atoms with E-state index in [1.807, 2.05) is 38.1 Å². The molecule has 0 aromatic heterocycles. The molecular formula is C25H29ClO2. The number of ketones is 1. The van der Waals surface area contributed by atoms with E-state index in [1.165, 1.54) is 5.56 Å². The molecule has 0 spiro atoms. The van der Waals surface area contributed by atoms with Crippen LogP contribution in [0.25, 0.3) is 0 Å². The van der Waals surface area contributed by atoms with Crippen LogP contribution in [0.3, 0.4) is 0 Å². The Bertz CT molecular complexity index is 897. The SMILES string of the molecule is CC1(C)CC(=O)C(C(c2ccc(Cl)cc2)c2ccc(C(C)(C)C)cc2)=C(O)C1. The van der Waals surface area contributed by atoms with Gasteiger partial charge in [0.1, 0.15) is 5.76 Å². The molecule has 2 aromatic carbocycles. The van der Waals surface area contributed by atoms with Crippen molar-refractivity contribution in [3.63, 3.8) is 0 Å². The summed E-state index contributed by atoms with van der Waals surface area (Å²) in [6.45, 7) is 10.6. The van der Waals surface area contributed by atoms with E-state index >= 15 is 0 Å². The number of hydrogen-bond acceptors (Lipinski definition) is 2. The fourth-order valence-electron chi connectivity index (χ4n) is 3.99. The number of halogens is 1. The van der Waals surface area contributed by atoms with Crippen LogP contribution in [0.4, 0.5) is 0 Å². The zero-order valence-corrected chi connectivity index (χ0v) is 18.1. The minimum Gasteiger partial charge on any atom is -0.512 e. The first-order chi connectivity index (χ1) is 13.0. The van der Waals surface area contributed by atoms with Gasteiger partial charge in [-0.05, 0) is 39.7 Å². The second-order valence-electron chi connectivity index (χ2n) is 9.66. The second-order valence-corrected chi connectivity index (χ2v) is 10.1. The Kier molecular flexibility index (Phi) is 5.46. The Morgan fingerprint density at radius 3 is 1.89 bits per heavy atom. The Morgan fingerprint density at radius 1 is 0.929 bits per heavy atom. The third-order valence-corrected chi connectivity index (χ3v) is 5.75. The summed E-state index contributed by atoms with van der Waals surface area (Å²) in [5.41, 5.74) is 3.56. The molecule has 0 saturated heterocycles. The highest BCUT2D eigenvalue weighted by molar-refractivity contribution is 6.30. The summed E-state index contributed by atoms with van der Waals surface area (Å²) in [6.07, 6.45) is 0.953. The van der Waals surface area contributed by atoms with Gasteiger partial charge in [-0.1, -0.05) is 82.6 Å². The molecule has 0 saturated carbocycles. The van der Waals surface area contributed by atoms with Gasteiger partial charge >= 0.3 is 0 Å². The van der Waals surface area contributed by atoms with Crippen molar-refractivity contribution in [1.82, 2.24) is 0 Å². The average molecular weight is 397 g/mol. The molecule has 2 nitrogen and oxygen atoms in total. The van der Waals surface area contributed by atoms with Gasteiger partial charge in [0.25, 0.3) is 0 Å². The first kappa shape index (κ1) is 20.7. The number of benzene rings is 2. The lowest BCUT2D eigenvalue weighted by Crippen LogP contribution is -2.29. The largest absolute Gasteiger partial charge is 0.512 e. The van der Waals surface area contributed by atoms with E-state index in [0.717, 1.165) is 11.1 Å². The van der Waals surface area contributed by atoms with Crippen molar-refractivity contribution in [1.29, 1.82) is 0 Å². The lowest BCUT2D eigenvalue weighted by molar-refractivity contribution is -0.118. The lowest BCUT2D eigenvalue weighted by atomic mass is 9.71. The predicted octanol–water partition coefficient (Wildman–Crippen LogP) is 6.97. The van der Waals surface area contributed by atoms with Crippen molar-refractivity contribution < 1.29 is 9.90 Å². The van der Waals surface area contributed by atoms with Crippen molar-refractivity contribution in [3.05, 3.63) is 81.6 Å². The zero-order valence-electron chi connectivity index (χ0n) is 17.3. The highest BCUT2D eigenvalue weighted by Gasteiger charge is 2.37. The number of aliphatic hydroxyl groups is 1. The van der Waals surface area contributed by atoms with Crippen molar-refractivity contribution in [2.45, 2.75) is 58.8 Å². The van der Waals surface area contributed by atoms with Crippen LogP contribution in [0.15, 0.2) is 59.9 Å². The third-order valence-electron chi connectivity index (χ3n) is 5.50. The Labute approximate surface area is 173 Å². The van der Waals surface area contributed by atoms with E-state index in [0.29, 0.717) is 23.4 Å². The van der Waals surface area contributed by atoms with Gasteiger partial charge in [0.2, 0.25) is 0 Å². The van der Waals surface area contributed by atoms with Crippen LogP contribution >= 0.6 is 11.6 Å². The molecule has 0 heterocycles. The molecule has 3 rings (SSSR count). The maximum atomic E-state index is 13.1. The van der Waals surface area contributed by atoms with Gasteiger partial charge in [-0.3, -0.25) is 4.79 Å². The maximum Gasteiger partial charge on any atom is 0.163 e. The van der Waals surface area contributed by atoms with Crippen molar-refractivity contribution in [2.75, 3.05) is 0 Å². The van der Waals surface area contributed by atoms with Crippen molar-refractivity contribution >= 4 is 17.4 Å². The molecule has 1 aliphatic carbocycles. The molecular weight excluding hydrogens is 368 g/mol. The van der Waals surface area contributed by atoms with Crippen LogP contribution in [0.5, 0.6) is 0 Å². The number of Topliss-reactive ketones (excluding diaryl/α,β-unsaturated/α-hetero) is 1. The normalized spacial score (nSPS) is 18.3. The van der Waals surface area contributed by atoms with Crippen LogP contribution in [0.1, 0.15) is 70.1 Å². The summed E-state index contributed by atoms with van der Waals surface area (Å²) in [6, 6.07) is 15.9. The Hall–Kier alpha value is -2.06. The summed E-state index contributed by atoms with van der Waals surface area (Å²) in [5.74, 6) is -0.0652. The van der Waals surface area contributed by atoms with E-state index in [4.69, 9.17) is 11.6 Å². The molecule has 28 heavy (non-hydrogen) atoms. The van der Waals surface area contributed by atoms with Gasteiger partial charge < -0.3 is 5.11 Å². The minimum atomic E-state index is -0.296. The standard InChI is InChI=1S/C25H29ClO2/c1-24(2,3)18-10-6-16(7-11-18)22(17-8-12-19(26)13-9-17)23-20(27)14-25(4,5)15-21(23)28/h6-13,22,27H,14-15H2,1-5H3. The van der Waals surface area contributed by atoms with Crippen LogP contribution in [-0.4, -0.2) is 10.9 Å². The first-order valence-corrected chi connectivity index (χ1v) is 10.2. The maximum absolute atomic E-state index is 13.1. The molecule has 2 aromatic rings. The van der Waals surface area contributed by atoms with Gasteiger partial charge in [-0.15, -0.1) is 0 Å². The van der Waals surface area contributed by atoms with E-state index < -0.39 is 0 Å². The molecule has 1 unspecified atom stereocenters. The molecule has 148 valence electrons. The van der Waals surface area contributed by atoms with Crippen molar-refractivity contribution in [3.8, 4) is 0 Å². The van der Waals surface area contributed by atoms with E-state index in [1.54, 1.807) is 0 Å². The summed E-state index contributed by atoms with van der Waals surface area (Å²) < 4.78 is 0. The third kappa shape index (κ3) is 4.33. The Balaban J connectivity index is 2.14. The lowest BCUT2D eigenvalue weighted by Gasteiger charge is -2.33. The molecule has 0 aliphatic heterocycles. The molecule has 3 heteroatoms. The van der Waals surface area contributed by atoms with Gasteiger partial charge in [0.15, 0.2) is 5.78 Å². The number of carbonyl (C=O) groups excluding carboxylic acids is 1. The summed E-state index contributed by atoms with van der Waals surface area (Å²) in [5, 5.41) is 11.5. The Morgan fingerprint density at radius 2 is 1.43 bits per heavy atom. The van der Waals surface area contributed by atoms with Crippen molar-refractivity contribution in [2.24, 2.45) is 5.41 Å². The van der Waals surface area contributed by atoms with Crippen LogP contribution in [-0.2, 0) is 10.2 Å². The number of carbonyl (C=O) groups is 1. The summed E-state index contributed by atoms with van der Waals surface area (Å²) in [4.78, 5) is 13.1. The first-order valence-electron chi connectivity index (χ1n) is 9.79. The molecule has 0 bridgehead atoms. The zero-order chi connectivity index (χ0) is 20.7. The van der Waals surface area contributed by atoms with E-state index in [9.17, 15) is 9.90 Å². The number of aliphatic hydroxyl groups excluding tert-OH is 1. The van der Waals surface area contributed by atoms with E-state index in [2.05, 4.69) is 45.0 Å². The molecule has 1 N–H and O–H groups in total. The second kappa shape index (κ2) is 7.40. The average Bonchev–Trinajstić information content (AvgIpc) is 2.57. The number of rotatable bonds is 3. The van der Waals surface area contributed by atoms with Gasteiger partial charge in [0, 0.05) is 29.4 Å². The van der Waals surface area contributed by atoms with E-state index in [-0.39, 0.29) is 28.3 Å². The monoisotopic (exact) mass is 396 g/mol. The topological polar surface area (TPSA) is 37.3 Å². The van der Waals surface area contributed by atoms with Crippen LogP contribution < -0.4 is 0 Å². The van der Waals surface area contributed by atoms with Crippen LogP contribution in [0.2, 0.25) is 5.02 Å². The number of allylic oxidation sites excluding steroid dienone is 2. The summed E-state index contributed by atoms with van der Waals surface area (Å²) in [7, 11) is 0. The molecule has 0 radical (unpaired) electrons. The molecule has 0 amide bonds. The predicted molar refractivity (Wildman–Crippen MR) is 116 cm³/mol. The quantitative estimate of drug-likeness (QED) is 0.608. The molecule has 1 atom stereocenters. The molecule has 1 aliphatic rings. The van der Waals surface area contributed by atoms with Gasteiger partial charge in [0.05, 0.1) is 0 Å². The van der Waals surface area contributed by atoms with Crippen LogP contribution in [0, 0.1) is 5.41 Å². The smallest absolute Gasteiger partial charge is 0.163 e. The summed E-state index contributed by atoms with van der Waals surface area (Å²) >= 11 is 6.09. The fourth-order valence-corrected chi connectivity index (χ4v) is 4.11.